The summed E-state index contributed by atoms with van der Waals surface area (Å²) in [6.45, 7) is 7.83. The van der Waals surface area contributed by atoms with Gasteiger partial charge in [-0.05, 0) is 79.4 Å². The third-order valence-electron chi connectivity index (χ3n) is 8.72. The fourth-order valence-corrected chi connectivity index (χ4v) is 7.33. The van der Waals surface area contributed by atoms with Crippen molar-refractivity contribution in [1.82, 2.24) is 5.32 Å². The summed E-state index contributed by atoms with van der Waals surface area (Å²) in [4.78, 5) is 22.8. The first-order valence-electron chi connectivity index (χ1n) is 10.9. The predicted molar refractivity (Wildman–Crippen MR) is 107 cm³/mol. The Kier molecular flexibility index (Phi) is 4.67. The third-order valence-corrected chi connectivity index (χ3v) is 8.72. The zero-order chi connectivity index (χ0) is 19.3. The number of esters is 1. The first kappa shape index (κ1) is 19.0. The molecule has 0 aromatic carbocycles. The number of amides is 1. The monoisotopic (exact) mass is 375 g/mol. The molecule has 4 rings (SSSR count). The highest BCUT2D eigenvalue weighted by Crippen LogP contribution is 2.72. The van der Waals surface area contributed by atoms with E-state index in [1.165, 1.54) is 44.9 Å². The average Bonchev–Trinajstić information content (AvgIpc) is 3.28. The van der Waals surface area contributed by atoms with Crippen LogP contribution in [0.1, 0.15) is 80.0 Å². The summed E-state index contributed by atoms with van der Waals surface area (Å²) in [7, 11) is 0. The molecule has 3 saturated carbocycles. The highest BCUT2D eigenvalue weighted by molar-refractivity contribution is 5.92. The topological polar surface area (TPSA) is 55.4 Å². The zero-order valence-electron chi connectivity index (χ0n) is 17.2. The van der Waals surface area contributed by atoms with Gasteiger partial charge in [0.2, 0.25) is 6.41 Å². The summed E-state index contributed by atoms with van der Waals surface area (Å²) < 4.78 is 5.13. The van der Waals surface area contributed by atoms with Gasteiger partial charge in [-0.25, -0.2) is 4.79 Å². The number of rotatable bonds is 5. The van der Waals surface area contributed by atoms with Gasteiger partial charge in [0.15, 0.2) is 0 Å². The van der Waals surface area contributed by atoms with E-state index in [2.05, 4.69) is 26.1 Å². The van der Waals surface area contributed by atoms with E-state index in [0.29, 0.717) is 28.2 Å². The first-order chi connectivity index (χ1) is 12.8. The Labute approximate surface area is 165 Å². The average molecular weight is 376 g/mol. The molecule has 3 aliphatic carbocycles. The number of carbonyl (C=O) groups is 2. The van der Waals surface area contributed by atoms with Crippen LogP contribution in [0.15, 0.2) is 11.6 Å². The van der Waals surface area contributed by atoms with Crippen molar-refractivity contribution in [3.05, 3.63) is 11.6 Å². The maximum absolute atomic E-state index is 12.0. The SMILES string of the molecule is CC1(C)CCC[C@@]2(C)[C@H]1CCC1(CC1)[C@@H]2CC/C=C1/C(=O)OC[C@H]1NC=O.[HH]. The van der Waals surface area contributed by atoms with Gasteiger partial charge in [0.1, 0.15) is 6.61 Å². The van der Waals surface area contributed by atoms with Crippen molar-refractivity contribution in [1.29, 1.82) is 0 Å². The van der Waals surface area contributed by atoms with E-state index >= 15 is 0 Å². The Morgan fingerprint density at radius 1 is 1.19 bits per heavy atom. The normalized spacial score (nSPS) is 40.5. The van der Waals surface area contributed by atoms with Crippen LogP contribution in [0.3, 0.4) is 0 Å². The fourth-order valence-electron chi connectivity index (χ4n) is 7.33. The van der Waals surface area contributed by atoms with Gasteiger partial charge < -0.3 is 10.1 Å². The smallest absolute Gasteiger partial charge is 0.336 e. The number of hydrogen-bond acceptors (Lipinski definition) is 3. The molecule has 27 heavy (non-hydrogen) atoms. The summed E-state index contributed by atoms with van der Waals surface area (Å²) in [6.07, 6.45) is 14.5. The summed E-state index contributed by atoms with van der Waals surface area (Å²) in [5, 5.41) is 2.71. The minimum absolute atomic E-state index is 0. The molecule has 0 aromatic rings. The standard InChI is InChI=1S/C23H35NO3.H2/c1-21(2)9-5-10-22(3)18(21)8-11-23(12-13-23)19(22)7-4-6-16-17(24-15-25)14-27-20(16)26;/h6,15,17-19H,4-5,7-14H2,1-3H3,(H,24,25);1H/b16-6+;/t17-,18+,19-,22+;/m1./s1. The molecule has 4 nitrogen and oxygen atoms in total. The summed E-state index contributed by atoms with van der Waals surface area (Å²) in [5.41, 5.74) is 2.11. The number of cyclic esters (lactones) is 1. The largest absolute Gasteiger partial charge is 0.460 e. The van der Waals surface area contributed by atoms with Crippen LogP contribution in [0.5, 0.6) is 0 Å². The van der Waals surface area contributed by atoms with Crippen molar-refractivity contribution < 1.29 is 15.8 Å². The second kappa shape index (κ2) is 6.63. The van der Waals surface area contributed by atoms with Crippen LogP contribution in [-0.4, -0.2) is 25.0 Å². The van der Waals surface area contributed by atoms with E-state index in [4.69, 9.17) is 4.74 Å². The molecule has 4 fully saturated rings. The van der Waals surface area contributed by atoms with Crippen LogP contribution in [0.4, 0.5) is 0 Å². The van der Waals surface area contributed by atoms with E-state index in [1.807, 2.05) is 6.08 Å². The number of ether oxygens (including phenoxy) is 1. The second-order valence-electron chi connectivity index (χ2n) is 10.5. The molecule has 1 spiro atoms. The van der Waals surface area contributed by atoms with Crippen LogP contribution in [-0.2, 0) is 14.3 Å². The Balaban J connectivity index is 0.00000225. The van der Waals surface area contributed by atoms with Gasteiger partial charge in [0.05, 0.1) is 11.6 Å². The minimum atomic E-state index is -0.270. The van der Waals surface area contributed by atoms with Crippen molar-refractivity contribution in [2.45, 2.75) is 84.6 Å². The third kappa shape index (κ3) is 3.13. The first-order valence-corrected chi connectivity index (χ1v) is 10.9. The fraction of sp³-hybridized carbons (Fsp3) is 0.826. The van der Waals surface area contributed by atoms with E-state index in [1.54, 1.807) is 0 Å². The van der Waals surface area contributed by atoms with Gasteiger partial charge in [-0.1, -0.05) is 33.3 Å². The molecule has 4 atom stereocenters. The van der Waals surface area contributed by atoms with Crippen LogP contribution in [0.25, 0.3) is 0 Å². The van der Waals surface area contributed by atoms with E-state index in [0.717, 1.165) is 24.7 Å². The molecule has 1 N–H and O–H groups in total. The molecule has 0 radical (unpaired) electrons. The van der Waals surface area contributed by atoms with Gasteiger partial charge in [-0.2, -0.15) is 0 Å². The van der Waals surface area contributed by atoms with E-state index in [-0.39, 0.29) is 20.0 Å². The van der Waals surface area contributed by atoms with Gasteiger partial charge >= 0.3 is 5.97 Å². The molecule has 152 valence electrons. The van der Waals surface area contributed by atoms with E-state index in [9.17, 15) is 9.59 Å². The van der Waals surface area contributed by atoms with Gasteiger partial charge in [-0.3, -0.25) is 4.79 Å². The zero-order valence-corrected chi connectivity index (χ0v) is 17.2. The molecular weight excluding hydrogens is 338 g/mol. The molecule has 0 bridgehead atoms. The van der Waals surface area contributed by atoms with Crippen molar-refractivity contribution in [2.24, 2.45) is 28.1 Å². The maximum Gasteiger partial charge on any atom is 0.336 e. The Morgan fingerprint density at radius 2 is 1.96 bits per heavy atom. The molecule has 4 aliphatic rings. The lowest BCUT2D eigenvalue weighted by Crippen LogP contribution is -2.52. The highest BCUT2D eigenvalue weighted by Gasteiger charge is 2.62. The van der Waals surface area contributed by atoms with Crippen molar-refractivity contribution >= 4 is 12.4 Å². The Hall–Kier alpha value is -1.32. The minimum Gasteiger partial charge on any atom is -0.460 e. The predicted octanol–water partition coefficient (Wildman–Crippen LogP) is 4.63. The molecule has 0 unspecified atom stereocenters. The van der Waals surface area contributed by atoms with Crippen LogP contribution >= 0.6 is 0 Å². The molecule has 1 aliphatic heterocycles. The quantitative estimate of drug-likeness (QED) is 0.433. The maximum atomic E-state index is 12.0. The lowest BCUT2D eigenvalue weighted by atomic mass is 9.45. The Bertz CT molecular complexity index is 654. The van der Waals surface area contributed by atoms with Crippen LogP contribution < -0.4 is 5.32 Å². The Morgan fingerprint density at radius 3 is 2.67 bits per heavy atom. The van der Waals surface area contributed by atoms with Crippen LogP contribution in [0, 0.1) is 28.1 Å². The van der Waals surface area contributed by atoms with Crippen molar-refractivity contribution in [3.63, 3.8) is 0 Å². The molecular formula is C23H37NO3. The van der Waals surface area contributed by atoms with Gasteiger partial charge in [-0.15, -0.1) is 0 Å². The van der Waals surface area contributed by atoms with E-state index < -0.39 is 0 Å². The lowest BCUT2D eigenvalue weighted by molar-refractivity contribution is -0.135. The number of carbonyl (C=O) groups excluding carboxylic acids is 2. The van der Waals surface area contributed by atoms with Crippen LogP contribution in [0.2, 0.25) is 0 Å². The highest BCUT2D eigenvalue weighted by atomic mass is 16.5. The molecule has 0 aromatic heterocycles. The summed E-state index contributed by atoms with van der Waals surface area (Å²) in [6, 6.07) is -0.270. The number of allylic oxidation sites excluding steroid dienone is 1. The lowest BCUT2D eigenvalue weighted by Gasteiger charge is -2.60. The van der Waals surface area contributed by atoms with Crippen molar-refractivity contribution in [3.8, 4) is 0 Å². The summed E-state index contributed by atoms with van der Waals surface area (Å²) in [5.74, 6) is 1.32. The molecule has 1 saturated heterocycles. The number of hydrogen-bond donors (Lipinski definition) is 1. The number of nitrogens with one attached hydrogen (secondary N) is 1. The molecule has 1 heterocycles. The van der Waals surface area contributed by atoms with Crippen molar-refractivity contribution in [2.75, 3.05) is 6.61 Å². The number of fused-ring (bicyclic) bond motifs is 1. The van der Waals surface area contributed by atoms with Gasteiger partial charge in [0.25, 0.3) is 0 Å². The molecule has 1 amide bonds. The summed E-state index contributed by atoms with van der Waals surface area (Å²) >= 11 is 0. The molecule has 4 heteroatoms. The van der Waals surface area contributed by atoms with Gasteiger partial charge in [0, 0.05) is 1.43 Å². The second-order valence-corrected chi connectivity index (χ2v) is 10.5.